The highest BCUT2D eigenvalue weighted by Crippen LogP contribution is 2.27. The van der Waals surface area contributed by atoms with E-state index in [2.05, 4.69) is 40.5 Å². The number of benzene rings is 1. The third kappa shape index (κ3) is 2.73. The van der Waals surface area contributed by atoms with Gasteiger partial charge in [-0.25, -0.2) is 4.68 Å². The largest absolute Gasteiger partial charge is 0.282 e. The van der Waals surface area contributed by atoms with Crippen molar-refractivity contribution in [1.29, 1.82) is 0 Å². The molecular weight excluding hydrogens is 324 g/mol. The van der Waals surface area contributed by atoms with Crippen molar-refractivity contribution in [3.8, 4) is 0 Å². The molecule has 4 rings (SSSR count). The summed E-state index contributed by atoms with van der Waals surface area (Å²) in [7, 11) is 0. The summed E-state index contributed by atoms with van der Waals surface area (Å²) in [5, 5.41) is 4.78. The maximum atomic E-state index is 5.72. The zero-order chi connectivity index (χ0) is 15.8. The lowest BCUT2D eigenvalue weighted by Crippen LogP contribution is -2.38. The van der Waals surface area contributed by atoms with Crippen LogP contribution in [0.1, 0.15) is 39.0 Å². The fraction of sp³-hybridized carbons (Fsp3) is 0.529. The molecule has 0 N–H and O–H groups in total. The Kier molecular flexibility index (Phi) is 4.22. The van der Waals surface area contributed by atoms with Crippen molar-refractivity contribution in [3.63, 3.8) is 0 Å². The molecular formula is C17H22N4S2. The van der Waals surface area contributed by atoms with E-state index in [0.717, 1.165) is 22.9 Å². The molecule has 23 heavy (non-hydrogen) atoms. The first-order chi connectivity index (χ1) is 11.3. The number of aromatic nitrogens is 3. The molecule has 0 atom stereocenters. The molecule has 0 aliphatic heterocycles. The molecule has 0 bridgehead atoms. The van der Waals surface area contributed by atoms with Gasteiger partial charge in [0, 0.05) is 6.04 Å². The molecule has 122 valence electrons. The maximum absolute atomic E-state index is 5.72. The van der Waals surface area contributed by atoms with E-state index in [1.54, 1.807) is 11.3 Å². The molecule has 4 nitrogen and oxygen atoms in total. The molecule has 2 heterocycles. The van der Waals surface area contributed by atoms with Crippen molar-refractivity contribution in [2.24, 2.45) is 0 Å². The molecule has 0 spiro atoms. The Morgan fingerprint density at radius 2 is 2.04 bits per heavy atom. The van der Waals surface area contributed by atoms with Gasteiger partial charge in [0.05, 0.1) is 16.9 Å². The highest BCUT2D eigenvalue weighted by molar-refractivity contribution is 7.71. The van der Waals surface area contributed by atoms with Gasteiger partial charge in [-0.05, 0) is 43.7 Å². The van der Waals surface area contributed by atoms with Crippen LogP contribution in [-0.2, 0) is 6.67 Å². The number of fused-ring (bicyclic) bond motifs is 3. The van der Waals surface area contributed by atoms with Crippen LogP contribution in [0.3, 0.4) is 0 Å². The van der Waals surface area contributed by atoms with Crippen LogP contribution in [0.5, 0.6) is 0 Å². The van der Waals surface area contributed by atoms with Gasteiger partial charge in [-0.15, -0.1) is 5.10 Å². The van der Waals surface area contributed by atoms with Crippen LogP contribution in [0.4, 0.5) is 0 Å². The first-order valence-electron chi connectivity index (χ1n) is 8.49. The molecule has 0 radical (unpaired) electrons. The Bertz CT molecular complexity index is 870. The zero-order valence-corrected chi connectivity index (χ0v) is 15.1. The number of thiazole rings is 1. The highest BCUT2D eigenvalue weighted by Gasteiger charge is 2.21. The first-order valence-corrected chi connectivity index (χ1v) is 9.71. The van der Waals surface area contributed by atoms with E-state index in [-0.39, 0.29) is 0 Å². The SMILES string of the molecule is CCN(Cn1nc2sc3ccccc3n2c1=S)C1CCCCC1. The van der Waals surface area contributed by atoms with Crippen LogP contribution in [0.25, 0.3) is 15.2 Å². The number of hydrogen-bond acceptors (Lipinski definition) is 4. The van der Waals surface area contributed by atoms with E-state index in [1.807, 2.05) is 4.68 Å². The molecule has 2 aromatic heterocycles. The van der Waals surface area contributed by atoms with Crippen LogP contribution in [0.15, 0.2) is 24.3 Å². The molecule has 1 saturated carbocycles. The first kappa shape index (κ1) is 15.3. The lowest BCUT2D eigenvalue weighted by molar-refractivity contribution is 0.119. The van der Waals surface area contributed by atoms with Crippen molar-refractivity contribution in [2.75, 3.05) is 6.54 Å². The van der Waals surface area contributed by atoms with Gasteiger partial charge >= 0.3 is 0 Å². The third-order valence-corrected chi connectivity index (χ3v) is 6.34. The molecule has 1 fully saturated rings. The maximum Gasteiger partial charge on any atom is 0.216 e. The summed E-state index contributed by atoms with van der Waals surface area (Å²) < 4.78 is 6.18. The van der Waals surface area contributed by atoms with Gasteiger partial charge < -0.3 is 0 Å². The second-order valence-electron chi connectivity index (χ2n) is 6.31. The smallest absolute Gasteiger partial charge is 0.216 e. The van der Waals surface area contributed by atoms with E-state index < -0.39 is 0 Å². The van der Waals surface area contributed by atoms with E-state index in [1.165, 1.54) is 42.3 Å². The van der Waals surface area contributed by atoms with E-state index in [4.69, 9.17) is 17.3 Å². The molecule has 1 aliphatic rings. The molecule has 0 amide bonds. The standard InChI is InChI=1S/C17H22N4S2/c1-2-19(13-8-4-3-5-9-13)12-20-17(22)21-14-10-6-7-11-15(14)23-16(21)18-20/h6-7,10-11,13H,2-5,8-9,12H2,1H3. The van der Waals surface area contributed by atoms with Gasteiger partial charge in [0.25, 0.3) is 0 Å². The molecule has 0 saturated heterocycles. The lowest BCUT2D eigenvalue weighted by Gasteiger charge is -2.33. The highest BCUT2D eigenvalue weighted by atomic mass is 32.1. The number of hydrogen-bond donors (Lipinski definition) is 0. The van der Waals surface area contributed by atoms with Crippen molar-refractivity contribution < 1.29 is 0 Å². The quantitative estimate of drug-likeness (QED) is 0.641. The van der Waals surface area contributed by atoms with E-state index in [9.17, 15) is 0 Å². The van der Waals surface area contributed by atoms with Crippen molar-refractivity contribution in [2.45, 2.75) is 51.7 Å². The molecule has 3 aromatic rings. The Morgan fingerprint density at radius 1 is 1.26 bits per heavy atom. The van der Waals surface area contributed by atoms with Gasteiger partial charge in [-0.1, -0.05) is 49.7 Å². The summed E-state index contributed by atoms with van der Waals surface area (Å²) in [6.45, 7) is 4.10. The Hall–Kier alpha value is -1.24. The summed E-state index contributed by atoms with van der Waals surface area (Å²) in [6, 6.07) is 9.07. The van der Waals surface area contributed by atoms with Gasteiger partial charge in [0.2, 0.25) is 9.73 Å². The van der Waals surface area contributed by atoms with Crippen LogP contribution in [0.2, 0.25) is 0 Å². The van der Waals surface area contributed by atoms with Crippen LogP contribution >= 0.6 is 23.6 Å². The Morgan fingerprint density at radius 3 is 2.83 bits per heavy atom. The van der Waals surface area contributed by atoms with Gasteiger partial charge in [-0.3, -0.25) is 9.30 Å². The van der Waals surface area contributed by atoms with Crippen molar-refractivity contribution in [1.82, 2.24) is 19.1 Å². The molecule has 0 unspecified atom stereocenters. The van der Waals surface area contributed by atoms with Crippen LogP contribution < -0.4 is 0 Å². The van der Waals surface area contributed by atoms with Crippen LogP contribution in [-0.4, -0.2) is 31.7 Å². The van der Waals surface area contributed by atoms with Crippen LogP contribution in [0, 0.1) is 4.77 Å². The molecule has 1 aromatic carbocycles. The third-order valence-electron chi connectivity index (χ3n) is 4.93. The topological polar surface area (TPSA) is 25.5 Å². The van der Waals surface area contributed by atoms with Gasteiger partial charge in [-0.2, -0.15) is 0 Å². The minimum absolute atomic E-state index is 0.687. The zero-order valence-electron chi connectivity index (χ0n) is 13.4. The summed E-state index contributed by atoms with van der Waals surface area (Å²) >= 11 is 7.43. The summed E-state index contributed by atoms with van der Waals surface area (Å²) in [5.74, 6) is 0. The Labute approximate surface area is 145 Å². The summed E-state index contributed by atoms with van der Waals surface area (Å²) in [4.78, 5) is 3.53. The fourth-order valence-electron chi connectivity index (χ4n) is 3.67. The van der Waals surface area contributed by atoms with E-state index in [0.29, 0.717) is 6.04 Å². The normalized spacial score (nSPS) is 16.8. The fourth-order valence-corrected chi connectivity index (χ4v) is 5.03. The lowest BCUT2D eigenvalue weighted by atomic mass is 9.94. The second kappa shape index (κ2) is 6.34. The second-order valence-corrected chi connectivity index (χ2v) is 7.68. The summed E-state index contributed by atoms with van der Waals surface area (Å²) in [6.07, 6.45) is 6.73. The number of para-hydroxylation sites is 1. The van der Waals surface area contributed by atoms with Gasteiger partial charge in [0.15, 0.2) is 0 Å². The predicted octanol–water partition coefficient (Wildman–Crippen LogP) is 4.69. The predicted molar refractivity (Wildman–Crippen MR) is 98.7 cm³/mol. The molecule has 1 aliphatic carbocycles. The van der Waals surface area contributed by atoms with E-state index >= 15 is 0 Å². The minimum Gasteiger partial charge on any atom is -0.282 e. The van der Waals surface area contributed by atoms with Gasteiger partial charge in [0.1, 0.15) is 0 Å². The Balaban J connectivity index is 1.68. The van der Waals surface area contributed by atoms with Crippen molar-refractivity contribution in [3.05, 3.63) is 29.0 Å². The monoisotopic (exact) mass is 346 g/mol. The minimum atomic E-state index is 0.687. The molecule has 6 heteroatoms. The average Bonchev–Trinajstić information content (AvgIpc) is 3.10. The number of nitrogens with zero attached hydrogens (tertiary/aromatic N) is 4. The summed E-state index contributed by atoms with van der Waals surface area (Å²) in [5.41, 5.74) is 1.17. The van der Waals surface area contributed by atoms with Crippen molar-refractivity contribution >= 4 is 38.7 Å². The average molecular weight is 347 g/mol. The number of rotatable bonds is 4.